The lowest BCUT2D eigenvalue weighted by atomic mass is 10.0. The summed E-state index contributed by atoms with van der Waals surface area (Å²) in [7, 11) is -3.91. The third-order valence-electron chi connectivity index (χ3n) is 6.03. The fourth-order valence-electron chi connectivity index (χ4n) is 4.62. The quantitative estimate of drug-likeness (QED) is 0.444. The maximum atomic E-state index is 13.4. The first-order chi connectivity index (χ1) is 14.9. The molecule has 2 fully saturated rings. The molecule has 0 bridgehead atoms. The Balaban J connectivity index is 1.61. The molecule has 10 heteroatoms. The first-order valence-electron chi connectivity index (χ1n) is 9.94. The lowest BCUT2D eigenvalue weighted by molar-refractivity contribution is -0.0328. The number of halogens is 1. The second-order valence-electron chi connectivity index (χ2n) is 7.77. The number of hydrogen-bond acceptors (Lipinski definition) is 7. The summed E-state index contributed by atoms with van der Waals surface area (Å²) in [6.45, 7) is 0. The molecule has 1 saturated heterocycles. The number of rotatable bonds is 6. The Bertz CT molecular complexity index is 1100. The molecule has 2 aromatic carbocycles. The van der Waals surface area contributed by atoms with E-state index in [1.165, 1.54) is 28.6 Å². The molecule has 1 aliphatic heterocycles. The number of hydroxylamine groups is 1. The van der Waals surface area contributed by atoms with Crippen LogP contribution < -0.4 is 10.2 Å². The molecule has 164 valence electrons. The standard InChI is InChI=1S/C21H22ClN3O5S/c22-17-4-2-6-20(16(17)12-23)30-14-7-9-15(10-8-14)31(28,29)25-18-5-1-3-13(18)11-19(25)21(26)24-27/h2,4,6-10,13,18-19,21,24,26-27H,1,3,5,11H2/t13-,18-,19-,21?/m1/s1. The van der Waals surface area contributed by atoms with Crippen molar-refractivity contribution in [1.82, 2.24) is 9.79 Å². The Kier molecular flexibility index (Phi) is 6.21. The Morgan fingerprint density at radius 3 is 2.65 bits per heavy atom. The van der Waals surface area contributed by atoms with Gasteiger partial charge in [0.1, 0.15) is 29.4 Å². The molecule has 1 unspecified atom stereocenters. The van der Waals surface area contributed by atoms with Crippen LogP contribution in [-0.4, -0.2) is 41.3 Å². The molecule has 0 spiro atoms. The summed E-state index contributed by atoms with van der Waals surface area (Å²) in [4.78, 5) is 0.0640. The highest BCUT2D eigenvalue weighted by molar-refractivity contribution is 7.89. The van der Waals surface area contributed by atoms with Crippen LogP contribution in [0.3, 0.4) is 0 Å². The Morgan fingerprint density at radius 1 is 1.23 bits per heavy atom. The molecule has 2 aliphatic rings. The van der Waals surface area contributed by atoms with Gasteiger partial charge >= 0.3 is 0 Å². The van der Waals surface area contributed by atoms with Crippen LogP contribution in [0, 0.1) is 17.2 Å². The fraction of sp³-hybridized carbons (Fsp3) is 0.381. The molecule has 1 saturated carbocycles. The van der Waals surface area contributed by atoms with E-state index in [4.69, 9.17) is 16.3 Å². The van der Waals surface area contributed by atoms with Crippen LogP contribution in [0.4, 0.5) is 0 Å². The number of ether oxygens (including phenoxy) is 1. The van der Waals surface area contributed by atoms with Gasteiger partial charge in [-0.15, -0.1) is 0 Å². The number of sulfonamides is 1. The number of nitrogens with zero attached hydrogens (tertiary/aromatic N) is 2. The maximum absolute atomic E-state index is 13.4. The highest BCUT2D eigenvalue weighted by Crippen LogP contribution is 2.45. The molecular weight excluding hydrogens is 442 g/mol. The highest BCUT2D eigenvalue weighted by atomic mass is 35.5. The van der Waals surface area contributed by atoms with Crippen molar-refractivity contribution in [2.24, 2.45) is 5.92 Å². The van der Waals surface area contributed by atoms with Gasteiger partial charge in [0, 0.05) is 6.04 Å². The zero-order chi connectivity index (χ0) is 22.2. The highest BCUT2D eigenvalue weighted by Gasteiger charge is 2.51. The van der Waals surface area contributed by atoms with E-state index >= 15 is 0 Å². The van der Waals surface area contributed by atoms with Crippen LogP contribution >= 0.6 is 11.6 Å². The van der Waals surface area contributed by atoms with Gasteiger partial charge in [-0.2, -0.15) is 15.0 Å². The van der Waals surface area contributed by atoms with Crippen molar-refractivity contribution in [2.45, 2.75) is 48.9 Å². The average molecular weight is 464 g/mol. The molecule has 2 aromatic rings. The normalized spacial score (nSPS) is 24.5. The summed E-state index contributed by atoms with van der Waals surface area (Å²) >= 11 is 6.02. The molecular formula is C21H22ClN3O5S. The summed E-state index contributed by atoms with van der Waals surface area (Å²) in [6, 6.07) is 11.8. The lowest BCUT2D eigenvalue weighted by Crippen LogP contribution is -2.50. The molecule has 31 heavy (non-hydrogen) atoms. The van der Waals surface area contributed by atoms with Gasteiger partial charge in [0.15, 0.2) is 0 Å². The van der Waals surface area contributed by atoms with Crippen molar-refractivity contribution in [3.8, 4) is 17.6 Å². The lowest BCUT2D eigenvalue weighted by Gasteiger charge is -2.31. The average Bonchev–Trinajstić information content (AvgIpc) is 3.35. The van der Waals surface area contributed by atoms with E-state index in [2.05, 4.69) is 0 Å². The molecule has 4 atom stereocenters. The number of fused-ring (bicyclic) bond motifs is 1. The molecule has 1 aliphatic carbocycles. The molecule has 4 rings (SSSR count). The predicted molar refractivity (Wildman–Crippen MR) is 112 cm³/mol. The topological polar surface area (TPSA) is 123 Å². The number of nitriles is 1. The van der Waals surface area contributed by atoms with E-state index in [9.17, 15) is 24.0 Å². The zero-order valence-corrected chi connectivity index (χ0v) is 18.1. The maximum Gasteiger partial charge on any atom is 0.243 e. The van der Waals surface area contributed by atoms with Crippen LogP contribution in [0.25, 0.3) is 0 Å². The van der Waals surface area contributed by atoms with E-state index in [0.29, 0.717) is 12.2 Å². The first kappa shape index (κ1) is 22.0. The molecule has 3 N–H and O–H groups in total. The van der Waals surface area contributed by atoms with Gasteiger partial charge in [0.05, 0.1) is 16.0 Å². The van der Waals surface area contributed by atoms with Gasteiger partial charge in [-0.1, -0.05) is 24.1 Å². The molecule has 0 radical (unpaired) electrons. The second-order valence-corrected chi connectivity index (χ2v) is 10.0. The van der Waals surface area contributed by atoms with Crippen molar-refractivity contribution >= 4 is 21.6 Å². The third-order valence-corrected chi connectivity index (χ3v) is 8.31. The Labute approximate surface area is 185 Å². The summed E-state index contributed by atoms with van der Waals surface area (Å²) in [5.41, 5.74) is 1.99. The monoisotopic (exact) mass is 463 g/mol. The fourth-order valence-corrected chi connectivity index (χ4v) is 6.75. The smallest absolute Gasteiger partial charge is 0.243 e. The number of aliphatic hydroxyl groups is 1. The van der Waals surface area contributed by atoms with Crippen LogP contribution in [0.15, 0.2) is 47.4 Å². The van der Waals surface area contributed by atoms with Crippen molar-refractivity contribution in [3.05, 3.63) is 53.1 Å². The van der Waals surface area contributed by atoms with Gasteiger partial charge in [-0.25, -0.2) is 8.42 Å². The third kappa shape index (κ3) is 4.03. The molecule has 8 nitrogen and oxygen atoms in total. The number of aliphatic hydroxyl groups excluding tert-OH is 1. The largest absolute Gasteiger partial charge is 0.456 e. The van der Waals surface area contributed by atoms with Crippen LogP contribution in [0.2, 0.25) is 5.02 Å². The summed E-state index contributed by atoms with van der Waals surface area (Å²) in [5.74, 6) is 0.792. The number of hydrogen-bond donors (Lipinski definition) is 3. The van der Waals surface area contributed by atoms with E-state index in [0.717, 1.165) is 19.3 Å². The Hall–Kier alpha value is -2.19. The van der Waals surface area contributed by atoms with Gasteiger partial charge in [-0.3, -0.25) is 0 Å². The van der Waals surface area contributed by atoms with Crippen molar-refractivity contribution < 1.29 is 23.5 Å². The first-order valence-corrected chi connectivity index (χ1v) is 11.8. The van der Waals surface area contributed by atoms with Crippen LogP contribution in [0.5, 0.6) is 11.5 Å². The van der Waals surface area contributed by atoms with Gasteiger partial charge < -0.3 is 15.1 Å². The minimum Gasteiger partial charge on any atom is -0.456 e. The predicted octanol–water partition coefficient (Wildman–Crippen LogP) is 3.23. The number of nitrogens with one attached hydrogen (secondary N) is 1. The van der Waals surface area contributed by atoms with Gasteiger partial charge in [-0.05, 0) is 61.6 Å². The molecule has 0 amide bonds. The van der Waals surface area contributed by atoms with E-state index in [-0.39, 0.29) is 33.2 Å². The summed E-state index contributed by atoms with van der Waals surface area (Å²) < 4.78 is 33.9. The minimum absolute atomic E-state index is 0.0640. The van der Waals surface area contributed by atoms with Crippen molar-refractivity contribution in [2.75, 3.05) is 0 Å². The van der Waals surface area contributed by atoms with Crippen molar-refractivity contribution in [1.29, 1.82) is 5.26 Å². The van der Waals surface area contributed by atoms with Crippen molar-refractivity contribution in [3.63, 3.8) is 0 Å². The van der Waals surface area contributed by atoms with Gasteiger partial charge in [0.2, 0.25) is 10.0 Å². The van der Waals surface area contributed by atoms with E-state index < -0.39 is 22.3 Å². The van der Waals surface area contributed by atoms with E-state index in [1.54, 1.807) is 23.7 Å². The molecule has 1 heterocycles. The zero-order valence-electron chi connectivity index (χ0n) is 16.5. The van der Waals surface area contributed by atoms with Gasteiger partial charge in [0.25, 0.3) is 0 Å². The Morgan fingerprint density at radius 2 is 1.97 bits per heavy atom. The van der Waals surface area contributed by atoms with Crippen LogP contribution in [0.1, 0.15) is 31.2 Å². The number of benzene rings is 2. The summed E-state index contributed by atoms with van der Waals surface area (Å²) in [5, 5.41) is 28.9. The SMILES string of the molecule is N#Cc1c(Cl)cccc1Oc1ccc(S(=O)(=O)N2[C@@H](C(O)NO)C[C@H]3CCC[C@H]32)cc1. The van der Waals surface area contributed by atoms with Crippen LogP contribution in [-0.2, 0) is 10.0 Å². The van der Waals surface area contributed by atoms with E-state index in [1.807, 2.05) is 6.07 Å². The second kappa shape index (κ2) is 8.74. The summed E-state index contributed by atoms with van der Waals surface area (Å²) in [6.07, 6.45) is 1.69. The minimum atomic E-state index is -3.91. The molecule has 0 aromatic heterocycles.